The van der Waals surface area contributed by atoms with Gasteiger partial charge in [-0.15, -0.1) is 0 Å². The minimum absolute atomic E-state index is 0.835. The molecule has 0 spiro atoms. The normalized spacial score (nSPS) is 16.9. The van der Waals surface area contributed by atoms with Gasteiger partial charge in [0.05, 0.1) is 0 Å². The molecule has 0 aliphatic heterocycles. The Morgan fingerprint density at radius 1 is 1.70 bits per heavy atom. The summed E-state index contributed by atoms with van der Waals surface area (Å²) in [7, 11) is 0. The van der Waals surface area contributed by atoms with E-state index in [0.29, 0.717) is 0 Å². The first kappa shape index (κ1) is 9.29. The van der Waals surface area contributed by atoms with E-state index in [1.54, 1.807) is 0 Å². The van der Waals surface area contributed by atoms with E-state index in [1.807, 2.05) is 0 Å². The Bertz CT molecular complexity index is 133. The van der Waals surface area contributed by atoms with Crippen LogP contribution in [0.1, 0.15) is 13.3 Å². The van der Waals surface area contributed by atoms with Gasteiger partial charge in [0.25, 0.3) is 0 Å². The van der Waals surface area contributed by atoms with E-state index in [4.69, 9.17) is 10.2 Å². The third-order valence-electron chi connectivity index (χ3n) is 1.01. The molecule has 0 aromatic rings. The van der Waals surface area contributed by atoms with E-state index in [1.165, 1.54) is 0 Å². The number of rotatable bonds is 3. The van der Waals surface area contributed by atoms with E-state index in [9.17, 15) is 13.6 Å². The zero-order valence-corrected chi connectivity index (χ0v) is 5.34. The molecule has 0 aliphatic rings. The van der Waals surface area contributed by atoms with Gasteiger partial charge in [-0.3, -0.25) is 0 Å². The summed E-state index contributed by atoms with van der Waals surface area (Å²) < 4.78 is 22.9. The molecule has 0 aromatic carbocycles. The lowest BCUT2D eigenvalue weighted by molar-refractivity contribution is -0.160. The van der Waals surface area contributed by atoms with Crippen molar-refractivity contribution < 1.29 is 23.8 Å². The Morgan fingerprint density at radius 2 is 2.10 bits per heavy atom. The van der Waals surface area contributed by atoms with Crippen LogP contribution in [0.5, 0.6) is 0 Å². The minimum Gasteiger partial charge on any atom is -0.479 e. The average molecular weight is 154 g/mol. The van der Waals surface area contributed by atoms with E-state index in [0.717, 1.165) is 6.92 Å². The maximum atomic E-state index is 11.5. The van der Waals surface area contributed by atoms with Gasteiger partial charge in [-0.25, -0.2) is 13.6 Å². The molecule has 0 aliphatic carbocycles. The van der Waals surface area contributed by atoms with Crippen molar-refractivity contribution in [2.75, 3.05) is 0 Å². The number of hydrogen-bond acceptors (Lipinski definition) is 2. The molecule has 0 saturated heterocycles. The van der Waals surface area contributed by atoms with E-state index in [-0.39, 0.29) is 0 Å². The molecular weight excluding hydrogens is 146 g/mol. The summed E-state index contributed by atoms with van der Waals surface area (Å²) in [5.74, 6) is -1.63. The van der Waals surface area contributed by atoms with E-state index < -0.39 is 24.4 Å². The van der Waals surface area contributed by atoms with Crippen molar-refractivity contribution in [3.63, 3.8) is 0 Å². The second kappa shape index (κ2) is 2.92. The highest BCUT2D eigenvalue weighted by atomic mass is 19.3. The lowest BCUT2D eigenvalue weighted by Crippen LogP contribution is -2.36. The highest BCUT2D eigenvalue weighted by Crippen LogP contribution is 2.14. The fourth-order valence-electron chi connectivity index (χ4n) is 0.388. The molecular formula is C5H8F2O3. The van der Waals surface area contributed by atoms with Crippen LogP contribution in [0.25, 0.3) is 0 Å². The smallest absolute Gasteiger partial charge is 0.335 e. The van der Waals surface area contributed by atoms with Gasteiger partial charge < -0.3 is 10.2 Å². The standard InChI is InChI=1S/C5H8F2O3/c1-5(10,4(8)9)2-3(6)7/h3,10H,2H2,1H3,(H,8,9)/t5-/m1/s1. The minimum atomic E-state index is -2.80. The zero-order chi connectivity index (χ0) is 8.36. The van der Waals surface area contributed by atoms with Crippen molar-refractivity contribution in [1.82, 2.24) is 0 Å². The monoisotopic (exact) mass is 154 g/mol. The molecule has 0 rings (SSSR count). The molecule has 0 fully saturated rings. The molecule has 2 N–H and O–H groups in total. The highest BCUT2D eigenvalue weighted by Gasteiger charge is 2.33. The largest absolute Gasteiger partial charge is 0.479 e. The van der Waals surface area contributed by atoms with Crippen LogP contribution in [0.4, 0.5) is 8.78 Å². The molecule has 60 valence electrons. The van der Waals surface area contributed by atoms with Crippen LogP contribution in [-0.2, 0) is 4.79 Å². The Balaban J connectivity index is 4.00. The number of aliphatic carboxylic acids is 1. The van der Waals surface area contributed by atoms with Gasteiger partial charge in [0, 0.05) is 6.42 Å². The SMILES string of the molecule is C[C@@](O)(CC(F)F)C(=O)O. The molecule has 10 heavy (non-hydrogen) atoms. The summed E-state index contributed by atoms with van der Waals surface area (Å²) in [5, 5.41) is 16.8. The molecule has 0 radical (unpaired) electrons. The van der Waals surface area contributed by atoms with Crippen molar-refractivity contribution >= 4 is 5.97 Å². The summed E-state index contributed by atoms with van der Waals surface area (Å²) in [6.45, 7) is 0.835. The molecule has 0 heterocycles. The second-order valence-electron chi connectivity index (χ2n) is 2.17. The van der Waals surface area contributed by atoms with Gasteiger partial charge in [0.2, 0.25) is 6.43 Å². The van der Waals surface area contributed by atoms with Crippen LogP contribution in [0.15, 0.2) is 0 Å². The lowest BCUT2D eigenvalue weighted by atomic mass is 10.0. The van der Waals surface area contributed by atoms with Gasteiger partial charge in [0.15, 0.2) is 5.60 Å². The lowest BCUT2D eigenvalue weighted by Gasteiger charge is -2.16. The van der Waals surface area contributed by atoms with Crippen LogP contribution >= 0.6 is 0 Å². The van der Waals surface area contributed by atoms with Crippen molar-refractivity contribution in [2.45, 2.75) is 25.4 Å². The van der Waals surface area contributed by atoms with Crippen molar-refractivity contribution in [2.24, 2.45) is 0 Å². The molecule has 0 amide bonds. The first-order valence-electron chi connectivity index (χ1n) is 2.60. The Hall–Kier alpha value is -0.710. The predicted octanol–water partition coefficient (Wildman–Crippen LogP) is 0.477. The topological polar surface area (TPSA) is 57.5 Å². The number of hydrogen-bond donors (Lipinski definition) is 2. The van der Waals surface area contributed by atoms with E-state index in [2.05, 4.69) is 0 Å². The summed E-state index contributed by atoms with van der Waals surface area (Å²) in [6, 6.07) is 0. The summed E-state index contributed by atoms with van der Waals surface area (Å²) >= 11 is 0. The maximum Gasteiger partial charge on any atom is 0.335 e. The van der Waals surface area contributed by atoms with Crippen LogP contribution in [-0.4, -0.2) is 28.2 Å². The van der Waals surface area contributed by atoms with Gasteiger partial charge in [-0.2, -0.15) is 0 Å². The predicted molar refractivity (Wildman–Crippen MR) is 28.9 cm³/mol. The zero-order valence-electron chi connectivity index (χ0n) is 5.34. The highest BCUT2D eigenvalue weighted by molar-refractivity contribution is 5.76. The fraction of sp³-hybridized carbons (Fsp3) is 0.800. The fourth-order valence-corrected chi connectivity index (χ4v) is 0.388. The first-order valence-corrected chi connectivity index (χ1v) is 2.60. The van der Waals surface area contributed by atoms with Crippen LogP contribution in [0, 0.1) is 0 Å². The third kappa shape index (κ3) is 2.72. The van der Waals surface area contributed by atoms with Crippen LogP contribution < -0.4 is 0 Å². The number of aliphatic hydroxyl groups is 1. The summed E-state index contributed by atoms with van der Waals surface area (Å²) in [4.78, 5) is 9.97. The van der Waals surface area contributed by atoms with Gasteiger partial charge in [-0.05, 0) is 6.92 Å². The maximum absolute atomic E-state index is 11.5. The Morgan fingerprint density at radius 3 is 2.20 bits per heavy atom. The number of carboxylic acid groups (broad SMARTS) is 1. The van der Waals surface area contributed by atoms with Crippen LogP contribution in [0.3, 0.4) is 0 Å². The van der Waals surface area contributed by atoms with Gasteiger partial charge >= 0.3 is 5.97 Å². The van der Waals surface area contributed by atoms with Gasteiger partial charge in [0.1, 0.15) is 0 Å². The number of carboxylic acids is 1. The first-order chi connectivity index (χ1) is 4.36. The molecule has 0 aromatic heterocycles. The van der Waals surface area contributed by atoms with Crippen molar-refractivity contribution in [1.29, 1.82) is 0 Å². The van der Waals surface area contributed by atoms with Gasteiger partial charge in [-0.1, -0.05) is 0 Å². The van der Waals surface area contributed by atoms with Crippen molar-refractivity contribution in [3.8, 4) is 0 Å². The Labute approximate surface area is 56.3 Å². The molecule has 3 nitrogen and oxygen atoms in total. The number of alkyl halides is 2. The Kier molecular flexibility index (Phi) is 2.71. The van der Waals surface area contributed by atoms with Crippen LogP contribution in [0.2, 0.25) is 0 Å². The number of halogens is 2. The molecule has 1 atom stereocenters. The van der Waals surface area contributed by atoms with E-state index >= 15 is 0 Å². The summed E-state index contributed by atoms with van der Waals surface area (Å²) in [5.41, 5.74) is -2.31. The second-order valence-corrected chi connectivity index (χ2v) is 2.17. The number of carbonyl (C=O) groups is 1. The molecule has 0 unspecified atom stereocenters. The average Bonchev–Trinajstić information content (AvgIpc) is 1.60. The molecule has 5 heteroatoms. The molecule has 0 bridgehead atoms. The third-order valence-corrected chi connectivity index (χ3v) is 1.01. The summed E-state index contributed by atoms with van der Waals surface area (Å²) in [6.07, 6.45) is -3.84. The van der Waals surface area contributed by atoms with Crippen molar-refractivity contribution in [3.05, 3.63) is 0 Å². The molecule has 0 saturated carbocycles. The quantitative estimate of drug-likeness (QED) is 0.621.